The number of carbonyl (C=O) groups excluding carboxylic acids is 1. The molecule has 6 rings (SSSR count). The fourth-order valence-electron chi connectivity index (χ4n) is 5.43. The van der Waals surface area contributed by atoms with Crippen LogP contribution in [0.5, 0.6) is 0 Å². The highest BCUT2D eigenvalue weighted by atomic mass is 32.2. The van der Waals surface area contributed by atoms with Gasteiger partial charge in [0.1, 0.15) is 10.0 Å². The smallest absolute Gasteiger partial charge is 0.266 e. The van der Waals surface area contributed by atoms with E-state index < -0.39 is 10.0 Å². The number of thioether (sulfide) groups is 1. The largest absolute Gasteiger partial charge is 0.373 e. The number of rotatable bonds is 8. The molecule has 0 spiro atoms. The molecule has 2 saturated heterocycles. The van der Waals surface area contributed by atoms with Crippen LogP contribution in [0.4, 0.5) is 0 Å². The number of aromatic nitrogens is 2. The van der Waals surface area contributed by atoms with E-state index in [9.17, 15) is 13.2 Å². The fourth-order valence-corrected chi connectivity index (χ4v) is 8.37. The van der Waals surface area contributed by atoms with Crippen LogP contribution in [-0.4, -0.2) is 69.5 Å². The van der Waals surface area contributed by atoms with E-state index in [1.807, 2.05) is 86.8 Å². The Morgan fingerprint density at radius 3 is 2.36 bits per heavy atom. The van der Waals surface area contributed by atoms with Crippen molar-refractivity contribution in [2.75, 3.05) is 19.6 Å². The Morgan fingerprint density at radius 2 is 1.66 bits per heavy atom. The van der Waals surface area contributed by atoms with Crippen LogP contribution in [-0.2, 0) is 26.0 Å². The van der Waals surface area contributed by atoms with Gasteiger partial charge in [-0.3, -0.25) is 9.69 Å². The highest BCUT2D eigenvalue weighted by Gasteiger charge is 2.34. The predicted octanol–water partition coefficient (Wildman–Crippen LogP) is 5.78. The summed E-state index contributed by atoms with van der Waals surface area (Å²) in [5.74, 6) is -0.152. The van der Waals surface area contributed by atoms with Crippen LogP contribution in [0, 0.1) is 0 Å². The van der Waals surface area contributed by atoms with E-state index in [2.05, 4.69) is 0 Å². The highest BCUT2D eigenvalue weighted by Crippen LogP contribution is 2.35. The van der Waals surface area contributed by atoms with Crippen LogP contribution >= 0.6 is 24.0 Å². The van der Waals surface area contributed by atoms with Gasteiger partial charge < -0.3 is 4.74 Å². The lowest BCUT2D eigenvalue weighted by Gasteiger charge is -2.34. The van der Waals surface area contributed by atoms with Gasteiger partial charge in [0.05, 0.1) is 27.7 Å². The Bertz CT molecular complexity index is 1810. The number of para-hydroxylation sites is 1. The Morgan fingerprint density at radius 1 is 0.977 bits per heavy atom. The summed E-state index contributed by atoms with van der Waals surface area (Å²) in [6, 6.07) is 26.5. The molecule has 2 aliphatic heterocycles. The molecule has 0 aliphatic carbocycles. The SMILES string of the molecule is CC1CN(S(=O)(=O)c2cccc(-c3nn(-c4ccccc4)cc3C=C3SC(=S)N(CCc4ccccc4)C3=O)c2)CC(C)O1. The van der Waals surface area contributed by atoms with Crippen molar-refractivity contribution in [1.29, 1.82) is 0 Å². The van der Waals surface area contributed by atoms with Gasteiger partial charge in [0.2, 0.25) is 10.0 Å². The van der Waals surface area contributed by atoms with E-state index in [4.69, 9.17) is 22.1 Å². The predicted molar refractivity (Wildman–Crippen MR) is 178 cm³/mol. The molecule has 3 aromatic carbocycles. The molecule has 8 nitrogen and oxygen atoms in total. The van der Waals surface area contributed by atoms with Gasteiger partial charge in [0.15, 0.2) is 0 Å². The summed E-state index contributed by atoms with van der Waals surface area (Å²) in [5.41, 5.74) is 3.84. The van der Waals surface area contributed by atoms with Gasteiger partial charge >= 0.3 is 0 Å². The van der Waals surface area contributed by atoms with Crippen LogP contribution in [0.3, 0.4) is 0 Å². The monoisotopic (exact) mass is 644 g/mol. The summed E-state index contributed by atoms with van der Waals surface area (Å²) >= 11 is 6.86. The third-order valence-electron chi connectivity index (χ3n) is 7.52. The van der Waals surface area contributed by atoms with E-state index in [0.717, 1.165) is 11.3 Å². The average Bonchev–Trinajstić information content (AvgIpc) is 3.56. The van der Waals surface area contributed by atoms with Crippen molar-refractivity contribution in [3.05, 3.63) is 107 Å². The molecule has 2 atom stereocenters. The van der Waals surface area contributed by atoms with Crippen LogP contribution in [0.15, 0.2) is 101 Å². The minimum absolute atomic E-state index is 0.152. The van der Waals surface area contributed by atoms with Gasteiger partial charge in [0, 0.05) is 37.0 Å². The first kappa shape index (κ1) is 30.4. The average molecular weight is 645 g/mol. The molecule has 4 aromatic rings. The maximum Gasteiger partial charge on any atom is 0.266 e. The molecule has 1 amide bonds. The maximum atomic E-state index is 13.7. The minimum atomic E-state index is -3.77. The number of sulfonamides is 1. The second-order valence-corrected chi connectivity index (χ2v) is 14.5. The molecular formula is C33H32N4O4S3. The number of hydrogen-bond donors (Lipinski definition) is 0. The third-order valence-corrected chi connectivity index (χ3v) is 10.7. The number of hydrogen-bond acceptors (Lipinski definition) is 7. The lowest BCUT2D eigenvalue weighted by atomic mass is 10.1. The van der Waals surface area contributed by atoms with E-state index in [0.29, 0.717) is 39.0 Å². The maximum absolute atomic E-state index is 13.7. The van der Waals surface area contributed by atoms with Crippen molar-refractivity contribution in [3.8, 4) is 16.9 Å². The minimum Gasteiger partial charge on any atom is -0.373 e. The molecule has 1 aromatic heterocycles. The van der Waals surface area contributed by atoms with Crippen molar-refractivity contribution >= 4 is 50.3 Å². The molecule has 2 unspecified atom stereocenters. The van der Waals surface area contributed by atoms with Crippen molar-refractivity contribution in [2.45, 2.75) is 37.4 Å². The first-order valence-corrected chi connectivity index (χ1v) is 17.1. The lowest BCUT2D eigenvalue weighted by molar-refractivity contribution is -0.122. The van der Waals surface area contributed by atoms with Crippen LogP contribution < -0.4 is 0 Å². The van der Waals surface area contributed by atoms with Crippen LogP contribution in [0.2, 0.25) is 0 Å². The Labute approximate surface area is 267 Å². The molecule has 226 valence electrons. The zero-order valence-corrected chi connectivity index (χ0v) is 26.8. The normalized spacial score (nSPS) is 20.5. The lowest BCUT2D eigenvalue weighted by Crippen LogP contribution is -2.48. The molecule has 0 radical (unpaired) electrons. The standard InChI is InChI=1S/C33H32N4O4S3/c1-23-20-35(21-24(2)41-23)44(39,40)29-15-9-12-26(18-29)31-27(22-37(34-31)28-13-7-4-8-14-28)19-30-32(38)36(33(42)43-30)17-16-25-10-5-3-6-11-25/h3-15,18-19,22-24H,16-17,20-21H2,1-2H3. The number of thiocarbonyl (C=S) groups is 1. The van der Waals surface area contributed by atoms with Crippen molar-refractivity contribution < 1.29 is 17.9 Å². The molecule has 2 aliphatic rings. The van der Waals surface area contributed by atoms with Gasteiger partial charge in [-0.2, -0.15) is 9.40 Å². The molecular weight excluding hydrogens is 613 g/mol. The van der Waals surface area contributed by atoms with Gasteiger partial charge in [-0.25, -0.2) is 13.1 Å². The zero-order valence-electron chi connectivity index (χ0n) is 24.4. The number of benzene rings is 3. The number of amides is 1. The summed E-state index contributed by atoms with van der Waals surface area (Å²) in [4.78, 5) is 15.8. The van der Waals surface area contributed by atoms with Gasteiger partial charge in [0.25, 0.3) is 5.91 Å². The Kier molecular flexibility index (Phi) is 8.84. The summed E-state index contributed by atoms with van der Waals surface area (Å²) in [6.07, 6.45) is 3.95. The quantitative estimate of drug-likeness (QED) is 0.178. The summed E-state index contributed by atoms with van der Waals surface area (Å²) in [7, 11) is -3.77. The number of ether oxygens (including phenoxy) is 1. The molecule has 3 heterocycles. The van der Waals surface area contributed by atoms with E-state index in [1.165, 1.54) is 16.1 Å². The molecule has 0 saturated carbocycles. The number of morpholine rings is 1. The Hall–Kier alpha value is -3.61. The third kappa shape index (κ3) is 6.43. The summed E-state index contributed by atoms with van der Waals surface area (Å²) in [5, 5.41) is 4.87. The van der Waals surface area contributed by atoms with Crippen LogP contribution in [0.25, 0.3) is 23.0 Å². The van der Waals surface area contributed by atoms with Gasteiger partial charge in [-0.1, -0.05) is 84.6 Å². The topological polar surface area (TPSA) is 84.7 Å². The van der Waals surface area contributed by atoms with E-state index in [-0.39, 0.29) is 36.1 Å². The van der Waals surface area contributed by atoms with E-state index in [1.54, 1.807) is 33.9 Å². The van der Waals surface area contributed by atoms with Crippen molar-refractivity contribution in [1.82, 2.24) is 19.0 Å². The van der Waals surface area contributed by atoms with Gasteiger partial charge in [-0.05, 0) is 56.2 Å². The van der Waals surface area contributed by atoms with Gasteiger partial charge in [-0.15, -0.1) is 0 Å². The number of carbonyl (C=O) groups is 1. The van der Waals surface area contributed by atoms with Crippen molar-refractivity contribution in [3.63, 3.8) is 0 Å². The first-order chi connectivity index (χ1) is 21.2. The summed E-state index contributed by atoms with van der Waals surface area (Å²) in [6.45, 7) is 4.82. The fraction of sp³-hybridized carbons (Fsp3) is 0.242. The second-order valence-electron chi connectivity index (χ2n) is 10.9. The molecule has 44 heavy (non-hydrogen) atoms. The number of nitrogens with zero attached hydrogens (tertiary/aromatic N) is 4. The molecule has 2 fully saturated rings. The zero-order chi connectivity index (χ0) is 30.8. The Balaban J connectivity index is 1.35. The van der Waals surface area contributed by atoms with Crippen molar-refractivity contribution in [2.24, 2.45) is 0 Å². The summed E-state index contributed by atoms with van der Waals surface area (Å²) < 4.78 is 36.9. The first-order valence-electron chi connectivity index (χ1n) is 14.4. The molecule has 11 heteroatoms. The molecule has 0 N–H and O–H groups in total. The molecule has 0 bridgehead atoms. The van der Waals surface area contributed by atoms with E-state index >= 15 is 0 Å². The van der Waals surface area contributed by atoms with Crippen LogP contribution in [0.1, 0.15) is 25.0 Å². The highest BCUT2D eigenvalue weighted by molar-refractivity contribution is 8.26. The second kappa shape index (κ2) is 12.8.